The molecule has 2 heterocycles. The van der Waals surface area contributed by atoms with E-state index in [2.05, 4.69) is 25.2 Å². The number of amides is 1. The molecule has 0 bridgehead atoms. The first kappa shape index (κ1) is 14.2. The van der Waals surface area contributed by atoms with Gasteiger partial charge in [0, 0.05) is 5.92 Å². The molecule has 7 nitrogen and oxygen atoms in total. The third-order valence-electron chi connectivity index (χ3n) is 2.54. The Bertz CT molecular complexity index is 632. The fourth-order valence-corrected chi connectivity index (χ4v) is 2.24. The largest absolute Gasteiger partial charge is 0.465 e. The molecule has 0 aliphatic rings. The van der Waals surface area contributed by atoms with Crippen LogP contribution in [0.4, 0.5) is 5.69 Å². The summed E-state index contributed by atoms with van der Waals surface area (Å²) in [5.41, 5.74) is 0.391. The standard InChI is InChI=1S/C12H14N4O3S/c1-6(2)9-14-10(16-15-9)11(17)13-7-4-5-20-8(7)12(18)19-3/h4-6H,1-3H3,(H,13,17)(H,14,15,16). The van der Waals surface area contributed by atoms with Gasteiger partial charge in [-0.25, -0.2) is 9.78 Å². The highest BCUT2D eigenvalue weighted by atomic mass is 32.1. The molecule has 2 N–H and O–H groups in total. The van der Waals surface area contributed by atoms with Gasteiger partial charge >= 0.3 is 5.97 Å². The maximum absolute atomic E-state index is 12.0. The topological polar surface area (TPSA) is 97.0 Å². The Kier molecular flexibility index (Phi) is 4.14. The first-order valence-corrected chi connectivity index (χ1v) is 6.80. The molecule has 0 atom stereocenters. The number of anilines is 1. The van der Waals surface area contributed by atoms with Crippen LogP contribution in [-0.4, -0.2) is 34.2 Å². The lowest BCUT2D eigenvalue weighted by Crippen LogP contribution is -2.15. The van der Waals surface area contributed by atoms with Gasteiger partial charge in [-0.1, -0.05) is 13.8 Å². The number of aromatic amines is 1. The summed E-state index contributed by atoms with van der Waals surface area (Å²) in [7, 11) is 1.29. The Balaban J connectivity index is 2.15. The molecule has 2 aromatic rings. The molecule has 0 fully saturated rings. The van der Waals surface area contributed by atoms with E-state index in [1.165, 1.54) is 18.4 Å². The second kappa shape index (κ2) is 5.83. The molecule has 0 spiro atoms. The average Bonchev–Trinajstić information content (AvgIpc) is 3.06. The minimum absolute atomic E-state index is 0.0377. The van der Waals surface area contributed by atoms with Gasteiger partial charge in [0.2, 0.25) is 5.82 Å². The first-order chi connectivity index (χ1) is 9.52. The quantitative estimate of drug-likeness (QED) is 0.841. The maximum Gasteiger partial charge on any atom is 0.350 e. The van der Waals surface area contributed by atoms with E-state index in [0.29, 0.717) is 16.4 Å². The van der Waals surface area contributed by atoms with Crippen molar-refractivity contribution in [1.29, 1.82) is 0 Å². The summed E-state index contributed by atoms with van der Waals surface area (Å²) < 4.78 is 4.64. The third-order valence-corrected chi connectivity index (χ3v) is 3.43. The first-order valence-electron chi connectivity index (χ1n) is 5.92. The lowest BCUT2D eigenvalue weighted by Gasteiger charge is -2.02. The van der Waals surface area contributed by atoms with Gasteiger partial charge in [-0.15, -0.1) is 16.4 Å². The number of aromatic nitrogens is 3. The van der Waals surface area contributed by atoms with Crippen LogP contribution in [0.5, 0.6) is 0 Å². The molecule has 106 valence electrons. The smallest absolute Gasteiger partial charge is 0.350 e. The maximum atomic E-state index is 12.0. The number of ether oxygens (including phenoxy) is 1. The number of nitrogens with one attached hydrogen (secondary N) is 2. The van der Waals surface area contributed by atoms with Crippen molar-refractivity contribution < 1.29 is 14.3 Å². The summed E-state index contributed by atoms with van der Waals surface area (Å²) in [4.78, 5) is 27.9. The van der Waals surface area contributed by atoms with Gasteiger partial charge in [-0.3, -0.25) is 9.89 Å². The summed E-state index contributed by atoms with van der Waals surface area (Å²) in [6.07, 6.45) is 0. The minimum Gasteiger partial charge on any atom is -0.465 e. The van der Waals surface area contributed by atoms with Crippen LogP contribution in [0.2, 0.25) is 0 Å². The molecule has 2 aromatic heterocycles. The molecule has 0 aromatic carbocycles. The zero-order valence-corrected chi connectivity index (χ0v) is 12.1. The fraction of sp³-hybridized carbons (Fsp3) is 0.333. The number of rotatable bonds is 4. The van der Waals surface area contributed by atoms with Gasteiger partial charge in [-0.05, 0) is 11.4 Å². The number of hydrogen-bond acceptors (Lipinski definition) is 6. The van der Waals surface area contributed by atoms with Crippen molar-refractivity contribution in [3.63, 3.8) is 0 Å². The number of thiophene rings is 1. The minimum atomic E-state index is -0.492. The van der Waals surface area contributed by atoms with E-state index in [0.717, 1.165) is 0 Å². The van der Waals surface area contributed by atoms with Crippen LogP contribution in [0.1, 0.15) is 45.9 Å². The summed E-state index contributed by atoms with van der Waals surface area (Å²) in [5, 5.41) is 10.8. The molecule has 2 rings (SSSR count). The van der Waals surface area contributed by atoms with Crippen LogP contribution >= 0.6 is 11.3 Å². The number of esters is 1. The van der Waals surface area contributed by atoms with Crippen molar-refractivity contribution in [2.24, 2.45) is 0 Å². The van der Waals surface area contributed by atoms with Crippen LogP contribution in [0.25, 0.3) is 0 Å². The van der Waals surface area contributed by atoms with Crippen molar-refractivity contribution in [3.05, 3.63) is 28.0 Å². The predicted octanol–water partition coefficient (Wildman–Crippen LogP) is 2.03. The SMILES string of the molecule is COC(=O)c1sccc1NC(=O)c1n[nH]c(C(C)C)n1. The van der Waals surface area contributed by atoms with Crippen LogP contribution in [-0.2, 0) is 4.74 Å². The summed E-state index contributed by atoms with van der Waals surface area (Å²) >= 11 is 1.19. The average molecular weight is 294 g/mol. The monoisotopic (exact) mass is 294 g/mol. The lowest BCUT2D eigenvalue weighted by atomic mass is 10.2. The highest BCUT2D eigenvalue weighted by molar-refractivity contribution is 7.12. The molecule has 0 aliphatic carbocycles. The van der Waals surface area contributed by atoms with Crippen molar-refractivity contribution in [1.82, 2.24) is 15.2 Å². The number of nitrogens with zero attached hydrogens (tertiary/aromatic N) is 2. The van der Waals surface area contributed by atoms with Crippen LogP contribution in [0.15, 0.2) is 11.4 Å². The number of carbonyl (C=O) groups excluding carboxylic acids is 2. The number of methoxy groups -OCH3 is 1. The van der Waals surface area contributed by atoms with Gasteiger partial charge in [-0.2, -0.15) is 0 Å². The van der Waals surface area contributed by atoms with Gasteiger partial charge in [0.1, 0.15) is 10.7 Å². The molecule has 0 saturated carbocycles. The number of hydrogen-bond donors (Lipinski definition) is 2. The highest BCUT2D eigenvalue weighted by Gasteiger charge is 2.19. The van der Waals surface area contributed by atoms with E-state index in [9.17, 15) is 9.59 Å². The molecule has 1 amide bonds. The molecule has 0 radical (unpaired) electrons. The number of carbonyl (C=O) groups is 2. The van der Waals surface area contributed by atoms with Gasteiger partial charge < -0.3 is 10.1 Å². The van der Waals surface area contributed by atoms with Crippen LogP contribution in [0, 0.1) is 0 Å². The normalized spacial score (nSPS) is 10.6. The zero-order valence-electron chi connectivity index (χ0n) is 11.3. The zero-order chi connectivity index (χ0) is 14.7. The van der Waals surface area contributed by atoms with E-state index >= 15 is 0 Å². The molecule has 8 heteroatoms. The van der Waals surface area contributed by atoms with Crippen molar-refractivity contribution in [2.75, 3.05) is 12.4 Å². The lowest BCUT2D eigenvalue weighted by molar-refractivity contribution is 0.0607. The van der Waals surface area contributed by atoms with Crippen molar-refractivity contribution in [3.8, 4) is 0 Å². The van der Waals surface area contributed by atoms with Crippen LogP contribution < -0.4 is 5.32 Å². The van der Waals surface area contributed by atoms with E-state index in [1.54, 1.807) is 11.4 Å². The molecular formula is C12H14N4O3S. The van der Waals surface area contributed by atoms with Crippen molar-refractivity contribution in [2.45, 2.75) is 19.8 Å². The number of H-pyrrole nitrogens is 1. The van der Waals surface area contributed by atoms with E-state index < -0.39 is 11.9 Å². The molecule has 0 saturated heterocycles. The van der Waals surface area contributed by atoms with Crippen molar-refractivity contribution >= 4 is 28.9 Å². The van der Waals surface area contributed by atoms with E-state index in [-0.39, 0.29) is 11.7 Å². The predicted molar refractivity (Wildman–Crippen MR) is 74.1 cm³/mol. The molecular weight excluding hydrogens is 280 g/mol. The van der Waals surface area contributed by atoms with Gasteiger partial charge in [0.05, 0.1) is 12.8 Å². The summed E-state index contributed by atoms with van der Waals surface area (Å²) in [5.74, 6) is -0.148. The fourth-order valence-electron chi connectivity index (χ4n) is 1.47. The van der Waals surface area contributed by atoms with E-state index in [4.69, 9.17) is 0 Å². The molecule has 20 heavy (non-hydrogen) atoms. The van der Waals surface area contributed by atoms with E-state index in [1.807, 2.05) is 13.8 Å². The third kappa shape index (κ3) is 2.85. The molecule has 0 aliphatic heterocycles. The Labute approximate surface area is 119 Å². The summed E-state index contributed by atoms with van der Waals surface area (Å²) in [6, 6.07) is 1.63. The Morgan fingerprint density at radius 3 is 2.80 bits per heavy atom. The Morgan fingerprint density at radius 1 is 1.45 bits per heavy atom. The highest BCUT2D eigenvalue weighted by Crippen LogP contribution is 2.23. The van der Waals surface area contributed by atoms with Crippen LogP contribution in [0.3, 0.4) is 0 Å². The Hall–Kier alpha value is -2.22. The van der Waals surface area contributed by atoms with Gasteiger partial charge in [0.15, 0.2) is 0 Å². The Morgan fingerprint density at radius 2 is 2.20 bits per heavy atom. The molecule has 0 unspecified atom stereocenters. The van der Waals surface area contributed by atoms with Gasteiger partial charge in [0.25, 0.3) is 5.91 Å². The summed E-state index contributed by atoms with van der Waals surface area (Å²) in [6.45, 7) is 3.88. The second-order valence-corrected chi connectivity index (χ2v) is 5.22. The second-order valence-electron chi connectivity index (χ2n) is 4.31.